The van der Waals surface area contributed by atoms with Gasteiger partial charge in [0.25, 0.3) is 0 Å². The molecule has 1 aromatic heterocycles. The van der Waals surface area contributed by atoms with Gasteiger partial charge in [-0.05, 0) is 36.4 Å². The van der Waals surface area contributed by atoms with Gasteiger partial charge >= 0.3 is 18.2 Å². The van der Waals surface area contributed by atoms with Crippen LogP contribution in [0.1, 0.15) is 5.56 Å². The Morgan fingerprint density at radius 3 is 2.16 bits per heavy atom. The van der Waals surface area contributed by atoms with Gasteiger partial charge in [-0.15, -0.1) is 0 Å². The quantitative estimate of drug-likeness (QED) is 0.403. The lowest BCUT2D eigenvalue weighted by Gasteiger charge is -2.35. The zero-order valence-corrected chi connectivity index (χ0v) is 19.1. The van der Waals surface area contributed by atoms with E-state index in [1.54, 1.807) is 18.2 Å². The Morgan fingerprint density at radius 1 is 0.811 bits per heavy atom. The maximum Gasteiger partial charge on any atom is 0.418 e. The number of nitrogens with zero attached hydrogens (tertiary/aromatic N) is 3. The standard InChI is InChI=1S/C24H21F5N6O2/c25-17-5-1-2-7-19(17)32-22(36)31-15-8-9-20(30-14-15)34-10-12-35(13-11-34)23(37)33-21-16(24(27,28)29)4-3-6-18(21)26/h1-9,14H,10-13H2,(H,33,37)(H2,31,32,36). The molecule has 1 aliphatic heterocycles. The van der Waals surface area contributed by atoms with Crippen molar-refractivity contribution >= 4 is 34.9 Å². The number of pyridine rings is 1. The van der Waals surface area contributed by atoms with Crippen molar-refractivity contribution < 1.29 is 31.5 Å². The van der Waals surface area contributed by atoms with E-state index in [1.807, 2.05) is 10.2 Å². The second-order valence-corrected chi connectivity index (χ2v) is 8.03. The molecule has 0 radical (unpaired) electrons. The number of hydrogen-bond donors (Lipinski definition) is 3. The van der Waals surface area contributed by atoms with Crippen LogP contribution in [0.4, 0.5) is 54.4 Å². The number of amides is 4. The van der Waals surface area contributed by atoms with E-state index in [0.717, 1.165) is 12.1 Å². The number of nitrogens with one attached hydrogen (secondary N) is 3. The number of carbonyl (C=O) groups excluding carboxylic acids is 2. The molecule has 3 aromatic rings. The van der Waals surface area contributed by atoms with Gasteiger partial charge in [0.2, 0.25) is 0 Å². The van der Waals surface area contributed by atoms with Crippen LogP contribution in [0.25, 0.3) is 0 Å². The average Bonchev–Trinajstić information content (AvgIpc) is 2.86. The summed E-state index contributed by atoms with van der Waals surface area (Å²) >= 11 is 0. The molecule has 0 aliphatic carbocycles. The maximum atomic E-state index is 14.0. The second-order valence-electron chi connectivity index (χ2n) is 8.03. The zero-order chi connectivity index (χ0) is 26.6. The Balaban J connectivity index is 1.31. The number of carbonyl (C=O) groups is 2. The van der Waals surface area contributed by atoms with Crippen LogP contribution in [0.15, 0.2) is 60.8 Å². The van der Waals surface area contributed by atoms with E-state index in [1.165, 1.54) is 29.3 Å². The molecular weight excluding hydrogens is 499 g/mol. The number of alkyl halides is 3. The molecular formula is C24H21F5N6O2. The first-order valence-electron chi connectivity index (χ1n) is 11.1. The van der Waals surface area contributed by atoms with Crippen LogP contribution >= 0.6 is 0 Å². The van der Waals surface area contributed by atoms with Crippen LogP contribution in [-0.2, 0) is 6.18 Å². The van der Waals surface area contributed by atoms with Crippen LogP contribution in [0.2, 0.25) is 0 Å². The van der Waals surface area contributed by atoms with Gasteiger partial charge < -0.3 is 25.8 Å². The molecule has 1 saturated heterocycles. The number of para-hydroxylation sites is 2. The first kappa shape index (κ1) is 25.7. The average molecular weight is 520 g/mol. The third kappa shape index (κ3) is 6.23. The van der Waals surface area contributed by atoms with Crippen LogP contribution in [0.5, 0.6) is 0 Å². The van der Waals surface area contributed by atoms with Crippen LogP contribution in [0.3, 0.4) is 0 Å². The Bertz CT molecular complexity index is 1280. The molecule has 8 nitrogen and oxygen atoms in total. The molecule has 3 N–H and O–H groups in total. The van der Waals surface area contributed by atoms with Gasteiger partial charge in [-0.3, -0.25) is 0 Å². The highest BCUT2D eigenvalue weighted by Gasteiger charge is 2.36. The molecule has 13 heteroatoms. The number of rotatable bonds is 4. The summed E-state index contributed by atoms with van der Waals surface area (Å²) in [6, 6.07) is 9.93. The van der Waals surface area contributed by atoms with E-state index in [4.69, 9.17) is 0 Å². The van der Waals surface area contributed by atoms with Crippen molar-refractivity contribution in [3.63, 3.8) is 0 Å². The van der Waals surface area contributed by atoms with E-state index < -0.39 is 41.1 Å². The van der Waals surface area contributed by atoms with E-state index >= 15 is 0 Å². The minimum absolute atomic E-state index is 0.0242. The molecule has 194 valence electrons. The second kappa shape index (κ2) is 10.7. The Kier molecular flexibility index (Phi) is 7.41. The van der Waals surface area contributed by atoms with Crippen molar-refractivity contribution in [1.82, 2.24) is 9.88 Å². The summed E-state index contributed by atoms with van der Waals surface area (Å²) in [7, 11) is 0. The van der Waals surface area contributed by atoms with Gasteiger partial charge in [-0.1, -0.05) is 18.2 Å². The lowest BCUT2D eigenvalue weighted by atomic mass is 10.1. The van der Waals surface area contributed by atoms with Gasteiger partial charge in [0.05, 0.1) is 28.8 Å². The van der Waals surface area contributed by atoms with Crippen molar-refractivity contribution in [1.29, 1.82) is 0 Å². The van der Waals surface area contributed by atoms with Crippen molar-refractivity contribution in [3.8, 4) is 0 Å². The number of urea groups is 2. The molecule has 4 rings (SSSR count). The fraction of sp³-hybridized carbons (Fsp3) is 0.208. The topological polar surface area (TPSA) is 89.6 Å². The third-order valence-corrected chi connectivity index (χ3v) is 5.57. The van der Waals surface area contributed by atoms with Crippen LogP contribution in [0, 0.1) is 11.6 Å². The Hall–Kier alpha value is -4.42. The van der Waals surface area contributed by atoms with Crippen molar-refractivity contribution in [2.24, 2.45) is 0 Å². The fourth-order valence-corrected chi connectivity index (χ4v) is 3.71. The normalized spacial score (nSPS) is 13.8. The summed E-state index contributed by atoms with van der Waals surface area (Å²) in [6.45, 7) is 0.970. The van der Waals surface area contributed by atoms with Gasteiger partial charge in [0, 0.05) is 26.2 Å². The predicted molar refractivity (Wildman–Crippen MR) is 127 cm³/mol. The molecule has 0 atom stereocenters. The molecule has 0 saturated carbocycles. The number of aromatic nitrogens is 1. The van der Waals surface area contributed by atoms with Crippen molar-refractivity contribution in [2.75, 3.05) is 47.0 Å². The third-order valence-electron chi connectivity index (χ3n) is 5.57. The lowest BCUT2D eigenvalue weighted by Crippen LogP contribution is -2.50. The molecule has 0 spiro atoms. The molecule has 4 amide bonds. The van der Waals surface area contributed by atoms with E-state index in [-0.39, 0.29) is 18.8 Å². The SMILES string of the molecule is O=C(Nc1ccc(N2CCN(C(=O)Nc3c(F)cccc3C(F)(F)F)CC2)nc1)Nc1ccccc1F. The lowest BCUT2D eigenvalue weighted by molar-refractivity contribution is -0.137. The minimum Gasteiger partial charge on any atom is -0.353 e. The molecule has 2 aromatic carbocycles. The summed E-state index contributed by atoms with van der Waals surface area (Å²) in [5.74, 6) is -1.20. The van der Waals surface area contributed by atoms with Gasteiger partial charge in [0.1, 0.15) is 17.5 Å². The highest BCUT2D eigenvalue weighted by molar-refractivity contribution is 5.99. The molecule has 0 bridgehead atoms. The van der Waals surface area contributed by atoms with Gasteiger partial charge in [0.15, 0.2) is 0 Å². The molecule has 1 fully saturated rings. The Labute approximate surface area is 208 Å². The summed E-state index contributed by atoms with van der Waals surface area (Å²) in [5, 5.41) is 6.98. The Morgan fingerprint density at radius 2 is 1.51 bits per heavy atom. The largest absolute Gasteiger partial charge is 0.418 e. The smallest absolute Gasteiger partial charge is 0.353 e. The summed E-state index contributed by atoms with van der Waals surface area (Å²) in [5.41, 5.74) is -1.79. The molecule has 0 unspecified atom stereocenters. The maximum absolute atomic E-state index is 14.0. The summed E-state index contributed by atoms with van der Waals surface area (Å²) in [6.07, 6.45) is -3.42. The first-order chi connectivity index (χ1) is 17.6. The number of halogens is 5. The minimum atomic E-state index is -4.82. The van der Waals surface area contributed by atoms with Crippen molar-refractivity contribution in [2.45, 2.75) is 6.18 Å². The number of hydrogen-bond acceptors (Lipinski definition) is 4. The van der Waals surface area contributed by atoms with E-state index in [0.29, 0.717) is 30.7 Å². The van der Waals surface area contributed by atoms with Crippen molar-refractivity contribution in [3.05, 3.63) is 78.0 Å². The van der Waals surface area contributed by atoms with E-state index in [2.05, 4.69) is 15.6 Å². The predicted octanol–water partition coefficient (Wildman–Crippen LogP) is 5.38. The zero-order valence-electron chi connectivity index (χ0n) is 19.1. The molecule has 37 heavy (non-hydrogen) atoms. The number of anilines is 4. The van der Waals surface area contributed by atoms with E-state index in [9.17, 15) is 31.5 Å². The number of piperazine rings is 1. The molecule has 2 heterocycles. The fourth-order valence-electron chi connectivity index (χ4n) is 3.71. The summed E-state index contributed by atoms with van der Waals surface area (Å²) < 4.78 is 67.3. The van der Waals surface area contributed by atoms with Gasteiger partial charge in [-0.2, -0.15) is 13.2 Å². The van der Waals surface area contributed by atoms with Gasteiger partial charge in [-0.25, -0.2) is 23.4 Å². The first-order valence-corrected chi connectivity index (χ1v) is 11.1. The summed E-state index contributed by atoms with van der Waals surface area (Å²) in [4.78, 5) is 32.0. The molecule has 1 aliphatic rings. The van der Waals surface area contributed by atoms with Crippen LogP contribution in [-0.4, -0.2) is 48.1 Å². The van der Waals surface area contributed by atoms with Crippen LogP contribution < -0.4 is 20.9 Å². The monoisotopic (exact) mass is 520 g/mol. The highest BCUT2D eigenvalue weighted by Crippen LogP contribution is 2.36. The number of benzene rings is 2. The highest BCUT2D eigenvalue weighted by atomic mass is 19.4.